The summed E-state index contributed by atoms with van der Waals surface area (Å²) in [7, 11) is 1.98. The molecule has 0 atom stereocenters. The van der Waals surface area contributed by atoms with Gasteiger partial charge in [-0.1, -0.05) is 0 Å². The molecule has 4 heteroatoms. The highest BCUT2D eigenvalue weighted by Gasteiger charge is 2.06. The molecule has 0 radical (unpaired) electrons. The first-order valence-corrected chi connectivity index (χ1v) is 5.32. The van der Waals surface area contributed by atoms with Gasteiger partial charge in [0.25, 0.3) is 0 Å². The van der Waals surface area contributed by atoms with Gasteiger partial charge in [-0.05, 0) is 24.1 Å². The van der Waals surface area contributed by atoms with Crippen molar-refractivity contribution >= 4 is 16.9 Å². The minimum Gasteiger partial charge on any atom is -0.356 e. The molecule has 1 N–H and O–H groups in total. The Bertz CT molecular complexity index is 516. The summed E-state index contributed by atoms with van der Waals surface area (Å²) in [6.07, 6.45) is 4.70. The van der Waals surface area contributed by atoms with Gasteiger partial charge in [-0.25, -0.2) is 4.98 Å². The highest BCUT2D eigenvalue weighted by Crippen LogP contribution is 2.18. The number of nitrogens with one attached hydrogen (secondary N) is 1. The zero-order valence-corrected chi connectivity index (χ0v) is 9.53. The third kappa shape index (κ3) is 2.05. The summed E-state index contributed by atoms with van der Waals surface area (Å²) >= 11 is 0. The van der Waals surface area contributed by atoms with E-state index in [4.69, 9.17) is 0 Å². The lowest BCUT2D eigenvalue weighted by molar-refractivity contribution is -0.118. The summed E-state index contributed by atoms with van der Waals surface area (Å²) in [5.74, 6) is 0.0124. The first kappa shape index (κ1) is 10.7. The number of hydrogen-bond acceptors (Lipinski definition) is 2. The lowest BCUT2D eigenvalue weighted by Gasteiger charge is -2.00. The molecule has 0 aromatic carbocycles. The molecule has 0 saturated carbocycles. The van der Waals surface area contributed by atoms with Crippen LogP contribution in [0.3, 0.4) is 0 Å². The van der Waals surface area contributed by atoms with Crippen LogP contribution < -0.4 is 5.32 Å². The molecule has 0 aliphatic heterocycles. The van der Waals surface area contributed by atoms with E-state index in [-0.39, 0.29) is 5.91 Å². The molecule has 0 unspecified atom stereocenters. The Morgan fingerprint density at radius 2 is 2.38 bits per heavy atom. The van der Waals surface area contributed by atoms with E-state index in [1.54, 1.807) is 6.20 Å². The molecule has 2 rings (SSSR count). The first-order chi connectivity index (χ1) is 7.68. The molecule has 2 aromatic heterocycles. The SMILES string of the molecule is CC(=O)NCCc1cn(C)c2ncccc12. The molecule has 4 nitrogen and oxygen atoms in total. The zero-order chi connectivity index (χ0) is 11.5. The van der Waals surface area contributed by atoms with Crippen molar-refractivity contribution in [2.45, 2.75) is 13.3 Å². The van der Waals surface area contributed by atoms with E-state index in [0.717, 1.165) is 17.5 Å². The average molecular weight is 217 g/mol. The fourth-order valence-corrected chi connectivity index (χ4v) is 1.87. The maximum atomic E-state index is 10.8. The van der Waals surface area contributed by atoms with E-state index in [1.165, 1.54) is 12.5 Å². The number of amides is 1. The van der Waals surface area contributed by atoms with Gasteiger partial charge in [-0.15, -0.1) is 0 Å². The predicted octanol–water partition coefficient (Wildman–Crippen LogP) is 1.25. The fourth-order valence-electron chi connectivity index (χ4n) is 1.87. The minimum absolute atomic E-state index is 0.0124. The monoisotopic (exact) mass is 217 g/mol. The molecule has 0 saturated heterocycles. The summed E-state index contributed by atoms with van der Waals surface area (Å²) in [4.78, 5) is 15.1. The maximum Gasteiger partial charge on any atom is 0.216 e. The maximum absolute atomic E-state index is 10.8. The number of nitrogens with zero attached hydrogens (tertiary/aromatic N) is 2. The standard InChI is InChI=1S/C12H15N3O/c1-9(16)13-7-5-10-8-15(2)12-11(10)4-3-6-14-12/h3-4,6,8H,5,7H2,1-2H3,(H,13,16). The molecular formula is C12H15N3O. The van der Waals surface area contributed by atoms with Crippen molar-refractivity contribution in [3.05, 3.63) is 30.1 Å². The largest absolute Gasteiger partial charge is 0.356 e. The van der Waals surface area contributed by atoms with E-state index in [2.05, 4.69) is 22.6 Å². The summed E-state index contributed by atoms with van der Waals surface area (Å²) in [5.41, 5.74) is 2.21. The Balaban J connectivity index is 2.21. The van der Waals surface area contributed by atoms with Crippen LogP contribution in [0.1, 0.15) is 12.5 Å². The Kier molecular flexibility index (Phi) is 2.90. The van der Waals surface area contributed by atoms with Crippen LogP contribution in [-0.2, 0) is 18.3 Å². The highest BCUT2D eigenvalue weighted by molar-refractivity contribution is 5.80. The minimum atomic E-state index is 0.0124. The number of carbonyl (C=O) groups is 1. The Labute approximate surface area is 94.3 Å². The van der Waals surface area contributed by atoms with Crippen molar-refractivity contribution in [3.8, 4) is 0 Å². The van der Waals surface area contributed by atoms with Gasteiger partial charge in [0.05, 0.1) is 0 Å². The summed E-state index contributed by atoms with van der Waals surface area (Å²) < 4.78 is 2.01. The van der Waals surface area contributed by atoms with Crippen molar-refractivity contribution in [3.63, 3.8) is 0 Å². The third-order valence-electron chi connectivity index (χ3n) is 2.58. The second-order valence-corrected chi connectivity index (χ2v) is 3.87. The van der Waals surface area contributed by atoms with Crippen LogP contribution >= 0.6 is 0 Å². The van der Waals surface area contributed by atoms with Gasteiger partial charge in [-0.2, -0.15) is 0 Å². The van der Waals surface area contributed by atoms with Crippen molar-refractivity contribution < 1.29 is 4.79 Å². The summed E-state index contributed by atoms with van der Waals surface area (Å²) in [6, 6.07) is 4.00. The number of aromatic nitrogens is 2. The number of fused-ring (bicyclic) bond motifs is 1. The topological polar surface area (TPSA) is 46.9 Å². The molecule has 0 bridgehead atoms. The normalized spacial score (nSPS) is 10.6. The number of rotatable bonds is 3. The number of pyridine rings is 1. The van der Waals surface area contributed by atoms with Crippen molar-refractivity contribution in [1.29, 1.82) is 0 Å². The second kappa shape index (κ2) is 4.35. The highest BCUT2D eigenvalue weighted by atomic mass is 16.1. The quantitative estimate of drug-likeness (QED) is 0.841. The van der Waals surface area contributed by atoms with Gasteiger partial charge in [0.15, 0.2) is 0 Å². The molecule has 2 heterocycles. The molecule has 0 spiro atoms. The Hall–Kier alpha value is -1.84. The lowest BCUT2D eigenvalue weighted by atomic mass is 10.1. The van der Waals surface area contributed by atoms with Crippen LogP contribution in [0.2, 0.25) is 0 Å². The van der Waals surface area contributed by atoms with Crippen molar-refractivity contribution in [2.75, 3.05) is 6.54 Å². The van der Waals surface area contributed by atoms with Crippen LogP contribution in [0.25, 0.3) is 11.0 Å². The third-order valence-corrected chi connectivity index (χ3v) is 2.58. The average Bonchev–Trinajstić information content (AvgIpc) is 2.57. The molecule has 1 amide bonds. The van der Waals surface area contributed by atoms with E-state index >= 15 is 0 Å². The van der Waals surface area contributed by atoms with Crippen LogP contribution in [0.5, 0.6) is 0 Å². The Morgan fingerprint density at radius 3 is 3.12 bits per heavy atom. The van der Waals surface area contributed by atoms with E-state index in [9.17, 15) is 4.79 Å². The number of hydrogen-bond donors (Lipinski definition) is 1. The number of aryl methyl sites for hydroxylation is 1. The molecule has 84 valence electrons. The summed E-state index contributed by atoms with van der Waals surface area (Å²) in [5, 5.41) is 3.96. The summed E-state index contributed by atoms with van der Waals surface area (Å²) in [6.45, 7) is 2.20. The number of carbonyl (C=O) groups excluding carboxylic acids is 1. The zero-order valence-electron chi connectivity index (χ0n) is 9.53. The van der Waals surface area contributed by atoms with Gasteiger partial charge in [0.1, 0.15) is 5.65 Å². The lowest BCUT2D eigenvalue weighted by Crippen LogP contribution is -2.22. The molecule has 0 aliphatic carbocycles. The van der Waals surface area contributed by atoms with Crippen LogP contribution in [0, 0.1) is 0 Å². The van der Waals surface area contributed by atoms with Gasteiger partial charge in [-0.3, -0.25) is 4.79 Å². The second-order valence-electron chi connectivity index (χ2n) is 3.87. The van der Waals surface area contributed by atoms with Crippen LogP contribution in [0.4, 0.5) is 0 Å². The van der Waals surface area contributed by atoms with E-state index < -0.39 is 0 Å². The fraction of sp³-hybridized carbons (Fsp3) is 0.333. The van der Waals surface area contributed by atoms with Crippen molar-refractivity contribution in [1.82, 2.24) is 14.9 Å². The van der Waals surface area contributed by atoms with Crippen LogP contribution in [0.15, 0.2) is 24.5 Å². The van der Waals surface area contributed by atoms with Crippen LogP contribution in [-0.4, -0.2) is 22.0 Å². The van der Waals surface area contributed by atoms with Gasteiger partial charge in [0.2, 0.25) is 5.91 Å². The van der Waals surface area contributed by atoms with E-state index in [0.29, 0.717) is 6.54 Å². The molecular weight excluding hydrogens is 202 g/mol. The first-order valence-electron chi connectivity index (χ1n) is 5.32. The Morgan fingerprint density at radius 1 is 1.56 bits per heavy atom. The van der Waals surface area contributed by atoms with Gasteiger partial charge >= 0.3 is 0 Å². The van der Waals surface area contributed by atoms with E-state index in [1.807, 2.05) is 17.7 Å². The van der Waals surface area contributed by atoms with Gasteiger partial charge < -0.3 is 9.88 Å². The van der Waals surface area contributed by atoms with Gasteiger partial charge in [0, 0.05) is 38.3 Å². The molecule has 0 fully saturated rings. The molecule has 0 aliphatic rings. The predicted molar refractivity (Wildman–Crippen MR) is 63.1 cm³/mol. The van der Waals surface area contributed by atoms with Crippen molar-refractivity contribution in [2.24, 2.45) is 7.05 Å². The molecule has 16 heavy (non-hydrogen) atoms. The smallest absolute Gasteiger partial charge is 0.216 e. The molecule has 2 aromatic rings.